The number of ketones is 1. The summed E-state index contributed by atoms with van der Waals surface area (Å²) in [6.07, 6.45) is -3.36. The molecule has 0 spiro atoms. The first-order valence-corrected chi connectivity index (χ1v) is 6.83. The van der Waals surface area contributed by atoms with Crippen molar-refractivity contribution in [1.82, 2.24) is 0 Å². The number of carbonyl (C=O) groups excluding carboxylic acids is 1. The first kappa shape index (κ1) is 17.3. The summed E-state index contributed by atoms with van der Waals surface area (Å²) < 4.78 is 43.2. The van der Waals surface area contributed by atoms with Crippen LogP contribution in [0.3, 0.4) is 0 Å². The van der Waals surface area contributed by atoms with E-state index in [9.17, 15) is 23.2 Å². The van der Waals surface area contributed by atoms with Crippen LogP contribution in [-0.4, -0.2) is 12.9 Å². The van der Waals surface area contributed by atoms with Crippen LogP contribution >= 0.6 is 0 Å². The second-order valence-corrected chi connectivity index (χ2v) is 4.85. The van der Waals surface area contributed by atoms with Gasteiger partial charge in [-0.25, -0.2) is 0 Å². The molecule has 0 atom stereocenters. The molecule has 0 fully saturated rings. The van der Waals surface area contributed by atoms with E-state index in [1.54, 1.807) is 18.2 Å². The number of rotatable bonds is 4. The Morgan fingerprint density at radius 3 is 2.50 bits per heavy atom. The molecular formula is C18H12F3NO2. The van der Waals surface area contributed by atoms with Crippen molar-refractivity contribution in [2.75, 3.05) is 7.11 Å². The normalized spacial score (nSPS) is 11.7. The molecule has 0 heterocycles. The summed E-state index contributed by atoms with van der Waals surface area (Å²) in [6.45, 7) is 0. The fraction of sp³-hybridized carbons (Fsp3) is 0.111. The SMILES string of the molecule is COc1cccc(C(=O)C(C#N)=Cc2cccc(C(F)(F)F)c2)c1. The van der Waals surface area contributed by atoms with Crippen molar-refractivity contribution in [2.45, 2.75) is 6.18 Å². The van der Waals surface area contributed by atoms with Crippen LogP contribution in [0.4, 0.5) is 13.2 Å². The van der Waals surface area contributed by atoms with E-state index in [1.807, 2.05) is 0 Å². The van der Waals surface area contributed by atoms with Gasteiger partial charge < -0.3 is 4.74 Å². The van der Waals surface area contributed by atoms with Crippen LogP contribution in [-0.2, 0) is 6.18 Å². The zero-order chi connectivity index (χ0) is 17.7. The lowest BCUT2D eigenvalue weighted by atomic mass is 10.0. The zero-order valence-corrected chi connectivity index (χ0v) is 12.6. The van der Waals surface area contributed by atoms with Crippen molar-refractivity contribution < 1.29 is 22.7 Å². The lowest BCUT2D eigenvalue weighted by molar-refractivity contribution is -0.137. The number of halogens is 3. The largest absolute Gasteiger partial charge is 0.497 e. The highest BCUT2D eigenvalue weighted by molar-refractivity contribution is 6.14. The van der Waals surface area contributed by atoms with Gasteiger partial charge in [0.05, 0.1) is 12.7 Å². The minimum absolute atomic E-state index is 0.123. The molecule has 2 aromatic rings. The van der Waals surface area contributed by atoms with Crippen LogP contribution in [0.2, 0.25) is 0 Å². The Hall–Kier alpha value is -3.07. The highest BCUT2D eigenvalue weighted by Gasteiger charge is 2.30. The maximum absolute atomic E-state index is 12.7. The number of benzene rings is 2. The van der Waals surface area contributed by atoms with Crippen molar-refractivity contribution in [1.29, 1.82) is 5.26 Å². The number of carbonyl (C=O) groups is 1. The highest BCUT2D eigenvalue weighted by Crippen LogP contribution is 2.30. The Morgan fingerprint density at radius 1 is 1.17 bits per heavy atom. The second-order valence-electron chi connectivity index (χ2n) is 4.85. The van der Waals surface area contributed by atoms with Gasteiger partial charge in [0.25, 0.3) is 0 Å². The van der Waals surface area contributed by atoms with Gasteiger partial charge in [0.1, 0.15) is 17.4 Å². The maximum Gasteiger partial charge on any atom is 0.416 e. The molecule has 24 heavy (non-hydrogen) atoms. The molecule has 122 valence electrons. The first-order valence-electron chi connectivity index (χ1n) is 6.83. The van der Waals surface area contributed by atoms with Crippen molar-refractivity contribution in [3.63, 3.8) is 0 Å². The van der Waals surface area contributed by atoms with E-state index < -0.39 is 17.5 Å². The van der Waals surface area contributed by atoms with Gasteiger partial charge in [0.2, 0.25) is 5.78 Å². The summed E-state index contributed by atoms with van der Waals surface area (Å²) in [5.74, 6) is -0.147. The molecule has 6 heteroatoms. The predicted molar refractivity (Wildman–Crippen MR) is 82.4 cm³/mol. The Morgan fingerprint density at radius 2 is 1.88 bits per heavy atom. The van der Waals surface area contributed by atoms with Gasteiger partial charge in [-0.05, 0) is 35.9 Å². The predicted octanol–water partition coefficient (Wildman–Crippen LogP) is 4.50. The molecule has 0 aromatic heterocycles. The first-order chi connectivity index (χ1) is 11.3. The minimum atomic E-state index is -4.49. The third-order valence-electron chi connectivity index (χ3n) is 3.22. The van der Waals surface area contributed by atoms with Gasteiger partial charge in [-0.3, -0.25) is 4.79 Å². The van der Waals surface area contributed by atoms with Crippen molar-refractivity contribution in [3.05, 3.63) is 70.8 Å². The number of Topliss-reactive ketones (excluding diaryl/α,β-unsaturated/α-hetero) is 1. The molecule has 0 aliphatic heterocycles. The number of hydrogen-bond donors (Lipinski definition) is 0. The number of methoxy groups -OCH3 is 1. The summed E-state index contributed by atoms with van der Waals surface area (Å²) in [4.78, 5) is 12.4. The fourth-order valence-corrected chi connectivity index (χ4v) is 2.04. The molecule has 0 radical (unpaired) electrons. The van der Waals surface area contributed by atoms with Gasteiger partial charge in [0.15, 0.2) is 0 Å². The van der Waals surface area contributed by atoms with Crippen molar-refractivity contribution >= 4 is 11.9 Å². The van der Waals surface area contributed by atoms with E-state index in [0.717, 1.165) is 18.2 Å². The smallest absolute Gasteiger partial charge is 0.416 e. The zero-order valence-electron chi connectivity index (χ0n) is 12.6. The molecule has 0 saturated heterocycles. The molecule has 0 aliphatic carbocycles. The summed E-state index contributed by atoms with van der Waals surface area (Å²) in [5.41, 5.74) is -0.767. The molecule has 0 bridgehead atoms. The number of nitrogens with zero attached hydrogens (tertiary/aromatic N) is 1. The Kier molecular flexibility index (Phi) is 5.05. The Balaban J connectivity index is 2.39. The van der Waals surface area contributed by atoms with Crippen LogP contribution in [0.15, 0.2) is 54.1 Å². The lowest BCUT2D eigenvalue weighted by Crippen LogP contribution is -2.05. The molecular weight excluding hydrogens is 319 g/mol. The number of nitriles is 1. The summed E-state index contributed by atoms with van der Waals surface area (Å²) in [5, 5.41) is 9.18. The van der Waals surface area contributed by atoms with E-state index in [0.29, 0.717) is 5.75 Å². The third-order valence-corrected chi connectivity index (χ3v) is 3.22. The van der Waals surface area contributed by atoms with Gasteiger partial charge in [-0.15, -0.1) is 0 Å². The summed E-state index contributed by atoms with van der Waals surface area (Å²) in [7, 11) is 1.44. The Labute approximate surface area is 136 Å². The molecule has 0 saturated carbocycles. The van der Waals surface area contributed by atoms with Crippen LogP contribution < -0.4 is 4.74 Å². The highest BCUT2D eigenvalue weighted by atomic mass is 19.4. The number of alkyl halides is 3. The topological polar surface area (TPSA) is 50.1 Å². The lowest BCUT2D eigenvalue weighted by Gasteiger charge is -2.07. The quantitative estimate of drug-likeness (QED) is 0.471. The molecule has 0 amide bonds. The number of hydrogen-bond acceptors (Lipinski definition) is 3. The molecule has 0 N–H and O–H groups in total. The molecule has 3 nitrogen and oxygen atoms in total. The monoisotopic (exact) mass is 331 g/mol. The van der Waals surface area contributed by atoms with Crippen molar-refractivity contribution in [3.8, 4) is 11.8 Å². The van der Waals surface area contributed by atoms with Crippen LogP contribution in [0, 0.1) is 11.3 Å². The van der Waals surface area contributed by atoms with E-state index in [-0.39, 0.29) is 16.7 Å². The van der Waals surface area contributed by atoms with Gasteiger partial charge in [0, 0.05) is 5.56 Å². The van der Waals surface area contributed by atoms with E-state index in [1.165, 1.54) is 31.4 Å². The number of ether oxygens (including phenoxy) is 1. The molecule has 2 aromatic carbocycles. The standard InChI is InChI=1S/C18H12F3NO2/c1-24-16-7-3-5-13(10-16)17(23)14(11-22)8-12-4-2-6-15(9-12)18(19,20)21/h2-10H,1H3. The van der Waals surface area contributed by atoms with E-state index in [4.69, 9.17) is 4.74 Å². The second kappa shape index (κ2) is 7.01. The maximum atomic E-state index is 12.7. The average molecular weight is 331 g/mol. The average Bonchev–Trinajstić information content (AvgIpc) is 2.58. The third kappa shape index (κ3) is 4.02. The number of allylic oxidation sites excluding steroid dienone is 1. The molecule has 0 aliphatic rings. The van der Waals surface area contributed by atoms with Gasteiger partial charge >= 0.3 is 6.18 Å². The van der Waals surface area contributed by atoms with Gasteiger partial charge in [-0.2, -0.15) is 18.4 Å². The van der Waals surface area contributed by atoms with Crippen LogP contribution in [0.25, 0.3) is 6.08 Å². The van der Waals surface area contributed by atoms with Gasteiger partial charge in [-0.1, -0.05) is 24.3 Å². The Bertz CT molecular complexity index is 833. The summed E-state index contributed by atoms with van der Waals surface area (Å²) >= 11 is 0. The van der Waals surface area contributed by atoms with E-state index in [2.05, 4.69) is 0 Å². The van der Waals surface area contributed by atoms with Crippen LogP contribution in [0.5, 0.6) is 5.75 Å². The molecule has 0 unspecified atom stereocenters. The van der Waals surface area contributed by atoms with Crippen LogP contribution in [0.1, 0.15) is 21.5 Å². The molecule has 2 rings (SSSR count). The fourth-order valence-electron chi connectivity index (χ4n) is 2.04. The van der Waals surface area contributed by atoms with Crippen molar-refractivity contribution in [2.24, 2.45) is 0 Å². The minimum Gasteiger partial charge on any atom is -0.497 e. The van der Waals surface area contributed by atoms with E-state index >= 15 is 0 Å². The summed E-state index contributed by atoms with van der Waals surface area (Å²) in [6, 6.07) is 12.3.